The number of aromatic nitrogens is 1. The van der Waals surface area contributed by atoms with Crippen LogP contribution in [0.4, 0.5) is 5.69 Å². The van der Waals surface area contributed by atoms with Gasteiger partial charge in [-0.25, -0.2) is 4.98 Å². The minimum Gasteiger partial charge on any atom is -0.321 e. The number of para-hydroxylation sites is 1. The van der Waals surface area contributed by atoms with Gasteiger partial charge in [-0.2, -0.15) is 5.26 Å². The second kappa shape index (κ2) is 4.90. The third kappa shape index (κ3) is 2.67. The fourth-order valence-electron chi connectivity index (χ4n) is 1.34. The maximum Gasteiger partial charge on any atom is 0.274 e. The van der Waals surface area contributed by atoms with Crippen LogP contribution in [0.2, 0.25) is 0 Å². The van der Waals surface area contributed by atoms with Crippen LogP contribution in [0.1, 0.15) is 16.2 Å². The van der Waals surface area contributed by atoms with E-state index in [4.69, 9.17) is 5.26 Å². The summed E-state index contributed by atoms with van der Waals surface area (Å²) >= 11 is 0. The molecule has 4 heteroatoms. The van der Waals surface area contributed by atoms with E-state index in [1.807, 2.05) is 24.3 Å². The van der Waals surface area contributed by atoms with Crippen molar-refractivity contribution in [1.82, 2.24) is 4.98 Å². The van der Waals surface area contributed by atoms with Gasteiger partial charge in [-0.15, -0.1) is 0 Å². The standard InChI is InChI=1S/C13H9N3O/c14-9-11-7-4-8-12(15-11)13(17)16-10-5-2-1-3-6-10/h1-8H,(H,16,17). The van der Waals surface area contributed by atoms with Gasteiger partial charge in [0.15, 0.2) is 0 Å². The van der Waals surface area contributed by atoms with Crippen LogP contribution in [-0.2, 0) is 0 Å². The minimum atomic E-state index is -0.326. The van der Waals surface area contributed by atoms with Crippen LogP contribution in [0.5, 0.6) is 0 Å². The number of hydrogen-bond donors (Lipinski definition) is 1. The first-order valence-corrected chi connectivity index (χ1v) is 5.03. The molecule has 4 nitrogen and oxygen atoms in total. The lowest BCUT2D eigenvalue weighted by atomic mass is 10.2. The summed E-state index contributed by atoms with van der Waals surface area (Å²) in [5, 5.41) is 11.4. The van der Waals surface area contributed by atoms with Gasteiger partial charge in [0.25, 0.3) is 5.91 Å². The molecule has 0 aliphatic heterocycles. The van der Waals surface area contributed by atoms with Gasteiger partial charge < -0.3 is 5.32 Å². The first-order valence-electron chi connectivity index (χ1n) is 5.03. The second-order valence-corrected chi connectivity index (χ2v) is 3.34. The summed E-state index contributed by atoms with van der Waals surface area (Å²) in [7, 11) is 0. The highest BCUT2D eigenvalue weighted by atomic mass is 16.1. The first-order chi connectivity index (χ1) is 8.29. The molecule has 2 aromatic rings. The van der Waals surface area contributed by atoms with E-state index < -0.39 is 0 Å². The maximum atomic E-state index is 11.8. The Morgan fingerprint density at radius 2 is 1.88 bits per heavy atom. The molecule has 1 amide bonds. The van der Waals surface area contributed by atoms with Gasteiger partial charge in [0, 0.05) is 5.69 Å². The summed E-state index contributed by atoms with van der Waals surface area (Å²) < 4.78 is 0. The van der Waals surface area contributed by atoms with Crippen LogP contribution in [0.3, 0.4) is 0 Å². The van der Waals surface area contributed by atoms with Gasteiger partial charge in [-0.3, -0.25) is 4.79 Å². The molecule has 1 heterocycles. The van der Waals surface area contributed by atoms with Crippen LogP contribution >= 0.6 is 0 Å². The number of amides is 1. The van der Waals surface area contributed by atoms with Crippen molar-refractivity contribution in [3.63, 3.8) is 0 Å². The maximum absolute atomic E-state index is 11.8. The van der Waals surface area contributed by atoms with Crippen LogP contribution in [0.25, 0.3) is 0 Å². The molecule has 0 bridgehead atoms. The molecule has 1 aromatic heterocycles. The quantitative estimate of drug-likeness (QED) is 0.848. The van der Waals surface area contributed by atoms with Crippen LogP contribution in [0, 0.1) is 11.3 Å². The molecule has 0 fully saturated rings. The molecule has 0 unspecified atom stereocenters. The number of nitrogens with one attached hydrogen (secondary N) is 1. The van der Waals surface area contributed by atoms with E-state index in [1.54, 1.807) is 30.3 Å². The summed E-state index contributed by atoms with van der Waals surface area (Å²) in [5.74, 6) is -0.326. The third-order valence-electron chi connectivity index (χ3n) is 2.13. The lowest BCUT2D eigenvalue weighted by Gasteiger charge is -2.03. The molecule has 0 radical (unpaired) electrons. The molecule has 0 saturated heterocycles. The molecule has 1 aromatic carbocycles. The highest BCUT2D eigenvalue weighted by molar-refractivity contribution is 6.02. The lowest BCUT2D eigenvalue weighted by Crippen LogP contribution is -2.13. The zero-order valence-corrected chi connectivity index (χ0v) is 8.92. The highest BCUT2D eigenvalue weighted by Crippen LogP contribution is 2.07. The smallest absolute Gasteiger partial charge is 0.274 e. The van der Waals surface area contributed by atoms with Crippen molar-refractivity contribution in [3.05, 3.63) is 59.9 Å². The Hall–Kier alpha value is -2.67. The first kappa shape index (κ1) is 10.8. The zero-order valence-electron chi connectivity index (χ0n) is 8.92. The summed E-state index contributed by atoms with van der Waals surface area (Å²) in [5.41, 5.74) is 1.15. The summed E-state index contributed by atoms with van der Waals surface area (Å²) in [6.07, 6.45) is 0. The Morgan fingerprint density at radius 1 is 1.12 bits per heavy atom. The zero-order chi connectivity index (χ0) is 12.1. The van der Waals surface area contributed by atoms with Crippen molar-refractivity contribution in [2.75, 3.05) is 5.32 Å². The minimum absolute atomic E-state index is 0.228. The molecule has 0 aliphatic rings. The Morgan fingerprint density at radius 3 is 2.59 bits per heavy atom. The van der Waals surface area contributed by atoms with Crippen LogP contribution in [-0.4, -0.2) is 10.9 Å². The Labute approximate surface area is 98.5 Å². The highest BCUT2D eigenvalue weighted by Gasteiger charge is 2.07. The summed E-state index contributed by atoms with van der Waals surface area (Å²) in [4.78, 5) is 15.7. The predicted octanol–water partition coefficient (Wildman–Crippen LogP) is 2.21. The third-order valence-corrected chi connectivity index (χ3v) is 2.13. The van der Waals surface area contributed by atoms with E-state index >= 15 is 0 Å². The number of carbonyl (C=O) groups is 1. The lowest BCUT2D eigenvalue weighted by molar-refractivity contribution is 0.102. The molecule has 0 atom stereocenters. The fraction of sp³-hybridized carbons (Fsp3) is 0. The Kier molecular flexibility index (Phi) is 3.13. The molecule has 0 aliphatic carbocycles. The van der Waals surface area contributed by atoms with E-state index in [1.165, 1.54) is 0 Å². The summed E-state index contributed by atoms with van der Waals surface area (Å²) in [6.45, 7) is 0. The predicted molar refractivity (Wildman–Crippen MR) is 63.3 cm³/mol. The molecule has 2 rings (SSSR count). The SMILES string of the molecule is N#Cc1cccc(C(=O)Nc2ccccc2)n1. The van der Waals surface area contributed by atoms with E-state index in [0.717, 1.165) is 0 Å². The molecular weight excluding hydrogens is 214 g/mol. The Bertz CT molecular complexity index is 573. The van der Waals surface area contributed by atoms with Gasteiger partial charge >= 0.3 is 0 Å². The fourth-order valence-corrected chi connectivity index (χ4v) is 1.34. The number of carbonyl (C=O) groups excluding carboxylic acids is 1. The van der Waals surface area contributed by atoms with Gasteiger partial charge in [0.05, 0.1) is 0 Å². The van der Waals surface area contributed by atoms with Crippen LogP contribution < -0.4 is 5.32 Å². The average Bonchev–Trinajstić information content (AvgIpc) is 2.40. The number of benzene rings is 1. The normalized spacial score (nSPS) is 9.35. The molecule has 17 heavy (non-hydrogen) atoms. The molecule has 82 valence electrons. The van der Waals surface area contributed by atoms with Gasteiger partial charge in [0.2, 0.25) is 0 Å². The molecule has 0 spiro atoms. The van der Waals surface area contributed by atoms with Crippen molar-refractivity contribution >= 4 is 11.6 Å². The van der Waals surface area contributed by atoms with Gasteiger partial charge in [0.1, 0.15) is 17.5 Å². The largest absolute Gasteiger partial charge is 0.321 e. The van der Waals surface area contributed by atoms with E-state index in [-0.39, 0.29) is 17.3 Å². The summed E-state index contributed by atoms with van der Waals surface area (Å²) in [6, 6.07) is 15.7. The number of nitriles is 1. The number of nitrogens with zero attached hydrogens (tertiary/aromatic N) is 2. The monoisotopic (exact) mass is 223 g/mol. The number of rotatable bonds is 2. The van der Waals surface area contributed by atoms with Crippen molar-refractivity contribution in [1.29, 1.82) is 5.26 Å². The average molecular weight is 223 g/mol. The molecule has 0 saturated carbocycles. The number of pyridine rings is 1. The van der Waals surface area contributed by atoms with Crippen molar-refractivity contribution in [2.45, 2.75) is 0 Å². The van der Waals surface area contributed by atoms with Gasteiger partial charge in [-0.05, 0) is 24.3 Å². The second-order valence-electron chi connectivity index (χ2n) is 3.34. The Balaban J connectivity index is 2.18. The number of hydrogen-bond acceptors (Lipinski definition) is 3. The topological polar surface area (TPSA) is 65.8 Å². The van der Waals surface area contributed by atoms with E-state index in [9.17, 15) is 4.79 Å². The van der Waals surface area contributed by atoms with Crippen LogP contribution in [0.15, 0.2) is 48.5 Å². The van der Waals surface area contributed by atoms with Crippen molar-refractivity contribution in [3.8, 4) is 6.07 Å². The van der Waals surface area contributed by atoms with E-state index in [2.05, 4.69) is 10.3 Å². The van der Waals surface area contributed by atoms with E-state index in [0.29, 0.717) is 5.69 Å². The van der Waals surface area contributed by atoms with Crippen molar-refractivity contribution < 1.29 is 4.79 Å². The van der Waals surface area contributed by atoms with Gasteiger partial charge in [-0.1, -0.05) is 24.3 Å². The number of anilines is 1. The van der Waals surface area contributed by atoms with Crippen molar-refractivity contribution in [2.24, 2.45) is 0 Å². The molecular formula is C13H9N3O. The molecule has 1 N–H and O–H groups in total.